The molecular formula is C18H29NO. The third kappa shape index (κ3) is 3.54. The van der Waals surface area contributed by atoms with Crippen LogP contribution in [0.2, 0.25) is 0 Å². The Balaban J connectivity index is 2.28. The van der Waals surface area contributed by atoms with Gasteiger partial charge in [0.25, 0.3) is 0 Å². The largest absolute Gasteiger partial charge is 0.496 e. The van der Waals surface area contributed by atoms with Crippen LogP contribution in [-0.4, -0.2) is 20.2 Å². The minimum absolute atomic E-state index is 0.125. The molecule has 0 spiro atoms. The summed E-state index contributed by atoms with van der Waals surface area (Å²) in [5, 5.41) is 3.45. The predicted molar refractivity (Wildman–Crippen MR) is 85.7 cm³/mol. The summed E-state index contributed by atoms with van der Waals surface area (Å²) in [4.78, 5) is 0. The number of rotatable bonds is 3. The second-order valence-electron chi connectivity index (χ2n) is 7.14. The lowest BCUT2D eigenvalue weighted by molar-refractivity contribution is 0.371. The van der Waals surface area contributed by atoms with Gasteiger partial charge in [-0.05, 0) is 61.7 Å². The SMILES string of the molecule is COc1c(C)cc(CC2CCNCC2)cc1C(C)(C)C. The van der Waals surface area contributed by atoms with Crippen molar-refractivity contribution >= 4 is 0 Å². The maximum atomic E-state index is 5.64. The van der Waals surface area contributed by atoms with E-state index in [1.165, 1.54) is 49.0 Å². The van der Waals surface area contributed by atoms with Crippen molar-refractivity contribution < 1.29 is 4.74 Å². The van der Waals surface area contributed by atoms with E-state index in [-0.39, 0.29) is 5.41 Å². The van der Waals surface area contributed by atoms with Gasteiger partial charge in [0.15, 0.2) is 0 Å². The molecule has 0 aromatic heterocycles. The molecule has 2 heteroatoms. The van der Waals surface area contributed by atoms with Crippen LogP contribution >= 0.6 is 0 Å². The normalized spacial score (nSPS) is 17.2. The van der Waals surface area contributed by atoms with Gasteiger partial charge in [-0.25, -0.2) is 0 Å². The van der Waals surface area contributed by atoms with Crippen LogP contribution in [0, 0.1) is 12.8 Å². The first-order valence-electron chi connectivity index (χ1n) is 7.80. The molecule has 2 rings (SSSR count). The standard InChI is InChI=1S/C18H29NO/c1-13-10-15(11-14-6-8-19-9-7-14)12-16(17(13)20-5)18(2,3)4/h10,12,14,19H,6-9,11H2,1-5H3. The smallest absolute Gasteiger partial charge is 0.125 e. The number of benzene rings is 1. The Morgan fingerprint density at radius 3 is 2.40 bits per heavy atom. The van der Waals surface area contributed by atoms with Crippen molar-refractivity contribution in [2.45, 2.75) is 52.4 Å². The lowest BCUT2D eigenvalue weighted by atomic mass is 9.82. The highest BCUT2D eigenvalue weighted by atomic mass is 16.5. The van der Waals surface area contributed by atoms with Crippen molar-refractivity contribution in [3.05, 3.63) is 28.8 Å². The van der Waals surface area contributed by atoms with Crippen molar-refractivity contribution in [2.24, 2.45) is 5.92 Å². The number of methoxy groups -OCH3 is 1. The van der Waals surface area contributed by atoms with Gasteiger partial charge < -0.3 is 10.1 Å². The van der Waals surface area contributed by atoms with Gasteiger partial charge in [-0.2, -0.15) is 0 Å². The number of aryl methyl sites for hydroxylation is 1. The summed E-state index contributed by atoms with van der Waals surface area (Å²) in [5.74, 6) is 1.89. The predicted octanol–water partition coefficient (Wildman–Crippen LogP) is 3.84. The molecular weight excluding hydrogens is 246 g/mol. The fourth-order valence-electron chi connectivity index (χ4n) is 3.21. The second-order valence-corrected chi connectivity index (χ2v) is 7.14. The number of hydrogen-bond donors (Lipinski definition) is 1. The first kappa shape index (κ1) is 15.4. The average Bonchev–Trinajstić information content (AvgIpc) is 2.38. The Labute approximate surface area is 123 Å². The van der Waals surface area contributed by atoms with Gasteiger partial charge in [-0.15, -0.1) is 0 Å². The van der Waals surface area contributed by atoms with Crippen LogP contribution in [0.15, 0.2) is 12.1 Å². The number of ether oxygens (including phenoxy) is 1. The van der Waals surface area contributed by atoms with Gasteiger partial charge in [0, 0.05) is 5.56 Å². The Morgan fingerprint density at radius 2 is 1.85 bits per heavy atom. The van der Waals surface area contributed by atoms with E-state index in [9.17, 15) is 0 Å². The first-order valence-corrected chi connectivity index (χ1v) is 7.80. The summed E-state index contributed by atoms with van der Waals surface area (Å²) in [6.07, 6.45) is 3.81. The zero-order valence-corrected chi connectivity index (χ0v) is 13.7. The van der Waals surface area contributed by atoms with Gasteiger partial charge in [0.2, 0.25) is 0 Å². The fourth-order valence-corrected chi connectivity index (χ4v) is 3.21. The molecule has 0 saturated carbocycles. The third-order valence-electron chi connectivity index (χ3n) is 4.33. The van der Waals surface area contributed by atoms with Gasteiger partial charge >= 0.3 is 0 Å². The summed E-state index contributed by atoms with van der Waals surface area (Å²) < 4.78 is 5.64. The Kier molecular flexibility index (Phi) is 4.74. The van der Waals surface area contributed by atoms with Gasteiger partial charge in [-0.3, -0.25) is 0 Å². The Bertz CT molecular complexity index is 453. The van der Waals surface area contributed by atoms with Gasteiger partial charge in [0.1, 0.15) is 5.75 Å². The summed E-state index contributed by atoms with van der Waals surface area (Å²) in [6.45, 7) is 11.3. The molecule has 2 nitrogen and oxygen atoms in total. The van der Waals surface area contributed by atoms with Crippen LogP contribution in [0.25, 0.3) is 0 Å². The number of hydrogen-bond acceptors (Lipinski definition) is 2. The number of nitrogens with one attached hydrogen (secondary N) is 1. The quantitative estimate of drug-likeness (QED) is 0.905. The summed E-state index contributed by atoms with van der Waals surface area (Å²) >= 11 is 0. The molecule has 20 heavy (non-hydrogen) atoms. The Morgan fingerprint density at radius 1 is 1.20 bits per heavy atom. The zero-order valence-electron chi connectivity index (χ0n) is 13.7. The molecule has 112 valence electrons. The molecule has 1 fully saturated rings. The molecule has 1 aromatic carbocycles. The van der Waals surface area contributed by atoms with Crippen LogP contribution in [0.4, 0.5) is 0 Å². The minimum atomic E-state index is 0.125. The molecule has 0 radical (unpaired) electrons. The van der Waals surface area contributed by atoms with E-state index in [0.29, 0.717) is 0 Å². The molecule has 0 unspecified atom stereocenters. The van der Waals surface area contributed by atoms with E-state index >= 15 is 0 Å². The Hall–Kier alpha value is -1.02. The lowest BCUT2D eigenvalue weighted by Gasteiger charge is -2.27. The van der Waals surface area contributed by atoms with Crippen molar-refractivity contribution in [2.75, 3.05) is 20.2 Å². The van der Waals surface area contributed by atoms with Crippen LogP contribution in [0.1, 0.15) is 50.3 Å². The number of piperidine rings is 1. The van der Waals surface area contributed by atoms with Crippen LogP contribution in [0.3, 0.4) is 0 Å². The fraction of sp³-hybridized carbons (Fsp3) is 0.667. The lowest BCUT2D eigenvalue weighted by Crippen LogP contribution is -2.28. The van der Waals surface area contributed by atoms with E-state index in [1.54, 1.807) is 7.11 Å². The highest BCUT2D eigenvalue weighted by molar-refractivity contribution is 5.47. The van der Waals surface area contributed by atoms with Gasteiger partial charge in [0.05, 0.1) is 7.11 Å². The second kappa shape index (κ2) is 6.17. The van der Waals surface area contributed by atoms with Crippen molar-refractivity contribution in [1.29, 1.82) is 0 Å². The molecule has 0 atom stereocenters. The maximum Gasteiger partial charge on any atom is 0.125 e. The molecule has 1 aromatic rings. The van der Waals surface area contributed by atoms with E-state index in [4.69, 9.17) is 4.74 Å². The van der Waals surface area contributed by atoms with E-state index in [2.05, 4.69) is 45.1 Å². The van der Waals surface area contributed by atoms with Crippen molar-refractivity contribution in [3.8, 4) is 5.75 Å². The highest BCUT2D eigenvalue weighted by Crippen LogP contribution is 2.35. The van der Waals surface area contributed by atoms with Crippen molar-refractivity contribution in [1.82, 2.24) is 5.32 Å². The molecule has 1 heterocycles. The van der Waals surface area contributed by atoms with Crippen LogP contribution in [0.5, 0.6) is 5.75 Å². The molecule has 1 saturated heterocycles. The molecule has 1 aliphatic rings. The van der Waals surface area contributed by atoms with Crippen LogP contribution < -0.4 is 10.1 Å². The summed E-state index contributed by atoms with van der Waals surface area (Å²) in [7, 11) is 1.78. The molecule has 0 aliphatic carbocycles. The first-order chi connectivity index (χ1) is 9.41. The minimum Gasteiger partial charge on any atom is -0.496 e. The van der Waals surface area contributed by atoms with Crippen LogP contribution in [-0.2, 0) is 11.8 Å². The maximum absolute atomic E-state index is 5.64. The van der Waals surface area contributed by atoms with E-state index < -0.39 is 0 Å². The zero-order chi connectivity index (χ0) is 14.8. The van der Waals surface area contributed by atoms with E-state index in [1.807, 2.05) is 0 Å². The monoisotopic (exact) mass is 275 g/mol. The molecule has 0 bridgehead atoms. The molecule has 1 aliphatic heterocycles. The summed E-state index contributed by atoms with van der Waals surface area (Å²) in [6, 6.07) is 4.68. The van der Waals surface area contributed by atoms with E-state index in [0.717, 1.165) is 11.7 Å². The molecule has 1 N–H and O–H groups in total. The molecule has 0 amide bonds. The van der Waals surface area contributed by atoms with Crippen molar-refractivity contribution in [3.63, 3.8) is 0 Å². The highest BCUT2D eigenvalue weighted by Gasteiger charge is 2.22. The average molecular weight is 275 g/mol. The van der Waals surface area contributed by atoms with Gasteiger partial charge in [-0.1, -0.05) is 32.9 Å². The topological polar surface area (TPSA) is 21.3 Å². The third-order valence-corrected chi connectivity index (χ3v) is 4.33. The summed E-state index contributed by atoms with van der Waals surface area (Å²) in [5.41, 5.74) is 4.20.